The SMILES string of the molecule is CC(C)(C)c1cc(N)n(-c2ncccc2Oc2ccccc2)n1. The molecule has 0 fully saturated rings. The third-order valence-corrected chi connectivity index (χ3v) is 3.43. The highest BCUT2D eigenvalue weighted by molar-refractivity contribution is 5.49. The van der Waals surface area contributed by atoms with Gasteiger partial charge in [-0.15, -0.1) is 0 Å². The van der Waals surface area contributed by atoms with Crippen molar-refractivity contribution in [3.8, 4) is 17.3 Å². The first-order valence-electron chi connectivity index (χ1n) is 7.49. The van der Waals surface area contributed by atoms with Crippen LogP contribution in [0, 0.1) is 0 Å². The van der Waals surface area contributed by atoms with Crippen LogP contribution in [0.2, 0.25) is 0 Å². The maximum atomic E-state index is 6.14. The minimum atomic E-state index is -0.0887. The molecule has 2 N–H and O–H groups in total. The number of hydrogen-bond acceptors (Lipinski definition) is 4. The Morgan fingerprint density at radius 3 is 2.43 bits per heavy atom. The lowest BCUT2D eigenvalue weighted by Crippen LogP contribution is -2.13. The molecule has 0 aliphatic rings. The molecule has 0 spiro atoms. The van der Waals surface area contributed by atoms with Gasteiger partial charge in [-0.05, 0) is 24.3 Å². The van der Waals surface area contributed by atoms with Gasteiger partial charge in [-0.1, -0.05) is 39.0 Å². The molecule has 0 amide bonds. The molecule has 0 atom stereocenters. The van der Waals surface area contributed by atoms with Gasteiger partial charge in [-0.3, -0.25) is 0 Å². The van der Waals surface area contributed by atoms with Gasteiger partial charge in [-0.25, -0.2) is 4.98 Å². The van der Waals surface area contributed by atoms with Crippen molar-refractivity contribution in [1.29, 1.82) is 0 Å². The number of anilines is 1. The van der Waals surface area contributed by atoms with Crippen molar-refractivity contribution in [2.24, 2.45) is 0 Å². The largest absolute Gasteiger partial charge is 0.453 e. The van der Waals surface area contributed by atoms with Gasteiger partial charge in [0.05, 0.1) is 5.69 Å². The van der Waals surface area contributed by atoms with Crippen LogP contribution in [0.25, 0.3) is 5.82 Å². The van der Waals surface area contributed by atoms with Crippen LogP contribution in [-0.2, 0) is 5.41 Å². The topological polar surface area (TPSA) is 66.0 Å². The summed E-state index contributed by atoms with van der Waals surface area (Å²) in [5.41, 5.74) is 6.96. The van der Waals surface area contributed by atoms with Gasteiger partial charge in [0.1, 0.15) is 11.6 Å². The summed E-state index contributed by atoms with van der Waals surface area (Å²) >= 11 is 0. The first kappa shape index (κ1) is 15.1. The van der Waals surface area contributed by atoms with Crippen LogP contribution in [0.1, 0.15) is 26.5 Å². The fourth-order valence-corrected chi connectivity index (χ4v) is 2.17. The minimum absolute atomic E-state index is 0.0887. The highest BCUT2D eigenvalue weighted by Gasteiger charge is 2.21. The molecule has 0 aliphatic heterocycles. The molecule has 2 aromatic heterocycles. The fourth-order valence-electron chi connectivity index (χ4n) is 2.17. The van der Waals surface area contributed by atoms with Crippen LogP contribution in [0.15, 0.2) is 54.7 Å². The van der Waals surface area contributed by atoms with E-state index in [4.69, 9.17) is 10.5 Å². The Hall–Kier alpha value is -2.82. The van der Waals surface area contributed by atoms with Crippen molar-refractivity contribution in [3.05, 3.63) is 60.4 Å². The van der Waals surface area contributed by atoms with E-state index in [1.165, 1.54) is 0 Å². The lowest BCUT2D eigenvalue weighted by atomic mass is 9.92. The zero-order valence-electron chi connectivity index (χ0n) is 13.5. The number of nitrogens with zero attached hydrogens (tertiary/aromatic N) is 3. The number of benzene rings is 1. The highest BCUT2D eigenvalue weighted by Crippen LogP contribution is 2.30. The smallest absolute Gasteiger partial charge is 0.198 e. The third kappa shape index (κ3) is 3.18. The number of pyridine rings is 1. The molecule has 23 heavy (non-hydrogen) atoms. The van der Waals surface area contributed by atoms with Crippen molar-refractivity contribution in [2.75, 3.05) is 5.73 Å². The highest BCUT2D eigenvalue weighted by atomic mass is 16.5. The lowest BCUT2D eigenvalue weighted by molar-refractivity contribution is 0.474. The second-order valence-electron chi connectivity index (χ2n) is 6.36. The van der Waals surface area contributed by atoms with Crippen molar-refractivity contribution >= 4 is 5.82 Å². The van der Waals surface area contributed by atoms with E-state index in [0.717, 1.165) is 11.4 Å². The molecular formula is C18H20N4O. The van der Waals surface area contributed by atoms with Crippen molar-refractivity contribution < 1.29 is 4.74 Å². The van der Waals surface area contributed by atoms with E-state index in [2.05, 4.69) is 30.9 Å². The molecule has 0 saturated heterocycles. The van der Waals surface area contributed by atoms with E-state index in [-0.39, 0.29) is 5.41 Å². The second kappa shape index (κ2) is 5.76. The molecular weight excluding hydrogens is 288 g/mol. The molecule has 118 valence electrons. The first-order chi connectivity index (χ1) is 10.9. The number of ether oxygens (including phenoxy) is 1. The molecule has 3 aromatic rings. The molecule has 2 heterocycles. The molecule has 0 bridgehead atoms. The molecule has 0 saturated carbocycles. The van der Waals surface area contributed by atoms with Gasteiger partial charge >= 0.3 is 0 Å². The normalized spacial score (nSPS) is 11.4. The van der Waals surface area contributed by atoms with E-state index in [1.54, 1.807) is 10.9 Å². The van der Waals surface area contributed by atoms with Gasteiger partial charge in [0.25, 0.3) is 0 Å². The first-order valence-corrected chi connectivity index (χ1v) is 7.49. The molecule has 5 heteroatoms. The number of aromatic nitrogens is 3. The summed E-state index contributed by atoms with van der Waals surface area (Å²) < 4.78 is 7.56. The summed E-state index contributed by atoms with van der Waals surface area (Å²) in [5.74, 6) is 2.45. The minimum Gasteiger partial charge on any atom is -0.453 e. The van der Waals surface area contributed by atoms with E-state index in [1.807, 2.05) is 48.5 Å². The number of rotatable bonds is 3. The Labute approximate surface area is 135 Å². The van der Waals surface area contributed by atoms with Crippen molar-refractivity contribution in [3.63, 3.8) is 0 Å². The maximum absolute atomic E-state index is 6.14. The van der Waals surface area contributed by atoms with Gasteiger partial charge in [0.2, 0.25) is 0 Å². The van der Waals surface area contributed by atoms with Crippen molar-refractivity contribution in [1.82, 2.24) is 14.8 Å². The quantitative estimate of drug-likeness (QED) is 0.796. The molecule has 5 nitrogen and oxygen atoms in total. The Kier molecular flexibility index (Phi) is 3.78. The maximum Gasteiger partial charge on any atom is 0.198 e. The Balaban J connectivity index is 2.03. The van der Waals surface area contributed by atoms with Crippen molar-refractivity contribution in [2.45, 2.75) is 26.2 Å². The monoisotopic (exact) mass is 308 g/mol. The van der Waals surface area contributed by atoms with Gasteiger partial charge in [-0.2, -0.15) is 9.78 Å². The van der Waals surface area contributed by atoms with Crippen LogP contribution in [0.5, 0.6) is 11.5 Å². The number of nitrogen functional groups attached to an aromatic ring is 1. The number of para-hydroxylation sites is 1. The average molecular weight is 308 g/mol. The molecule has 3 rings (SSSR count). The average Bonchev–Trinajstić information content (AvgIpc) is 2.91. The molecule has 0 radical (unpaired) electrons. The summed E-state index contributed by atoms with van der Waals surface area (Å²) in [6, 6.07) is 15.1. The van der Waals surface area contributed by atoms with E-state index < -0.39 is 0 Å². The van der Waals surface area contributed by atoms with E-state index >= 15 is 0 Å². The van der Waals surface area contributed by atoms with Gasteiger partial charge in [0.15, 0.2) is 11.6 Å². The zero-order chi connectivity index (χ0) is 16.4. The van der Waals surface area contributed by atoms with Crippen LogP contribution in [0.3, 0.4) is 0 Å². The Morgan fingerprint density at radius 2 is 1.78 bits per heavy atom. The van der Waals surface area contributed by atoms with Crippen LogP contribution < -0.4 is 10.5 Å². The van der Waals surface area contributed by atoms with Crippen LogP contribution >= 0.6 is 0 Å². The third-order valence-electron chi connectivity index (χ3n) is 3.43. The zero-order valence-corrected chi connectivity index (χ0v) is 13.5. The predicted molar refractivity (Wildman–Crippen MR) is 91.0 cm³/mol. The van der Waals surface area contributed by atoms with Gasteiger partial charge < -0.3 is 10.5 Å². The second-order valence-corrected chi connectivity index (χ2v) is 6.36. The summed E-state index contributed by atoms with van der Waals surface area (Å²) in [4.78, 5) is 4.40. The summed E-state index contributed by atoms with van der Waals surface area (Å²) in [6.45, 7) is 6.29. The lowest BCUT2D eigenvalue weighted by Gasteiger charge is -2.14. The molecule has 1 aromatic carbocycles. The summed E-state index contributed by atoms with van der Waals surface area (Å²) in [6.07, 6.45) is 1.70. The number of nitrogens with two attached hydrogens (primary N) is 1. The van der Waals surface area contributed by atoms with E-state index in [9.17, 15) is 0 Å². The molecule has 0 unspecified atom stereocenters. The molecule has 0 aliphatic carbocycles. The Bertz CT molecular complexity index is 803. The van der Waals surface area contributed by atoms with Crippen LogP contribution in [0.4, 0.5) is 5.82 Å². The predicted octanol–water partition coefficient (Wildman–Crippen LogP) is 3.94. The van der Waals surface area contributed by atoms with E-state index in [0.29, 0.717) is 17.4 Å². The summed E-state index contributed by atoms with van der Waals surface area (Å²) in [7, 11) is 0. The fraction of sp³-hybridized carbons (Fsp3) is 0.222. The van der Waals surface area contributed by atoms with Gasteiger partial charge in [0, 0.05) is 17.7 Å². The van der Waals surface area contributed by atoms with Crippen LogP contribution in [-0.4, -0.2) is 14.8 Å². The summed E-state index contributed by atoms with van der Waals surface area (Å²) in [5, 5.41) is 4.60. The Morgan fingerprint density at radius 1 is 1.04 bits per heavy atom. The standard InChI is InChI=1S/C18H20N4O/c1-18(2,3)15-12-16(19)22(21-15)17-14(10-7-11-20-17)23-13-8-5-4-6-9-13/h4-12H,19H2,1-3H3. The number of hydrogen-bond donors (Lipinski definition) is 1.